The van der Waals surface area contributed by atoms with Gasteiger partial charge in [0, 0.05) is 18.8 Å². The molecule has 0 unspecified atom stereocenters. The SMILES string of the molecule is O=C(Nc1ccccn1)N(Cc1ccsc1)C1CC1. The second-order valence-corrected chi connectivity index (χ2v) is 5.42. The van der Waals surface area contributed by atoms with Crippen LogP contribution >= 0.6 is 11.3 Å². The van der Waals surface area contributed by atoms with Gasteiger partial charge in [-0.2, -0.15) is 11.3 Å². The topological polar surface area (TPSA) is 45.2 Å². The van der Waals surface area contributed by atoms with E-state index < -0.39 is 0 Å². The van der Waals surface area contributed by atoms with Gasteiger partial charge >= 0.3 is 6.03 Å². The Balaban J connectivity index is 1.68. The molecule has 2 amide bonds. The fraction of sp³-hybridized carbons (Fsp3) is 0.286. The maximum atomic E-state index is 12.3. The molecule has 0 aromatic carbocycles. The second kappa shape index (κ2) is 5.40. The van der Waals surface area contributed by atoms with Crippen molar-refractivity contribution in [1.82, 2.24) is 9.88 Å². The molecule has 2 aromatic rings. The number of thiophene rings is 1. The first kappa shape index (κ1) is 12.2. The summed E-state index contributed by atoms with van der Waals surface area (Å²) < 4.78 is 0. The lowest BCUT2D eigenvalue weighted by Crippen LogP contribution is -2.36. The van der Waals surface area contributed by atoms with Gasteiger partial charge in [0.25, 0.3) is 0 Å². The summed E-state index contributed by atoms with van der Waals surface area (Å²) in [5.41, 5.74) is 1.19. The average molecular weight is 273 g/mol. The van der Waals surface area contributed by atoms with Crippen molar-refractivity contribution < 1.29 is 4.79 Å². The molecule has 1 saturated carbocycles. The maximum absolute atomic E-state index is 12.3. The zero-order valence-electron chi connectivity index (χ0n) is 10.5. The van der Waals surface area contributed by atoms with E-state index in [0.717, 1.165) is 12.8 Å². The molecule has 3 rings (SSSR count). The minimum Gasteiger partial charge on any atom is -0.317 e. The number of hydrogen-bond donors (Lipinski definition) is 1. The number of anilines is 1. The van der Waals surface area contributed by atoms with E-state index in [0.29, 0.717) is 18.4 Å². The van der Waals surface area contributed by atoms with E-state index in [4.69, 9.17) is 0 Å². The molecule has 98 valence electrons. The van der Waals surface area contributed by atoms with Crippen LogP contribution in [0.2, 0.25) is 0 Å². The molecule has 5 heteroatoms. The molecule has 19 heavy (non-hydrogen) atoms. The number of urea groups is 1. The Bertz CT molecular complexity index is 537. The third kappa shape index (κ3) is 3.12. The molecule has 1 N–H and O–H groups in total. The maximum Gasteiger partial charge on any atom is 0.323 e. The van der Waals surface area contributed by atoms with Crippen molar-refractivity contribution in [3.8, 4) is 0 Å². The Hall–Kier alpha value is -1.88. The number of aromatic nitrogens is 1. The number of hydrogen-bond acceptors (Lipinski definition) is 3. The van der Waals surface area contributed by atoms with Crippen molar-refractivity contribution in [1.29, 1.82) is 0 Å². The van der Waals surface area contributed by atoms with Crippen molar-refractivity contribution in [2.45, 2.75) is 25.4 Å². The van der Waals surface area contributed by atoms with Crippen LogP contribution < -0.4 is 5.32 Å². The van der Waals surface area contributed by atoms with Gasteiger partial charge in [0.1, 0.15) is 5.82 Å². The van der Waals surface area contributed by atoms with Gasteiger partial charge in [-0.15, -0.1) is 0 Å². The van der Waals surface area contributed by atoms with Crippen molar-refractivity contribution in [2.24, 2.45) is 0 Å². The smallest absolute Gasteiger partial charge is 0.317 e. The lowest BCUT2D eigenvalue weighted by Gasteiger charge is -2.22. The summed E-state index contributed by atoms with van der Waals surface area (Å²) in [7, 11) is 0. The van der Waals surface area contributed by atoms with Gasteiger partial charge in [-0.1, -0.05) is 6.07 Å². The van der Waals surface area contributed by atoms with Crippen LogP contribution in [-0.4, -0.2) is 22.0 Å². The quantitative estimate of drug-likeness (QED) is 0.928. The van der Waals surface area contributed by atoms with Gasteiger partial charge in [0.05, 0.1) is 0 Å². The Morgan fingerprint density at radius 3 is 2.95 bits per heavy atom. The van der Waals surface area contributed by atoms with Crippen LogP contribution in [-0.2, 0) is 6.54 Å². The molecule has 0 bridgehead atoms. The molecule has 1 aliphatic carbocycles. The largest absolute Gasteiger partial charge is 0.323 e. The highest BCUT2D eigenvalue weighted by molar-refractivity contribution is 7.07. The number of rotatable bonds is 4. The fourth-order valence-corrected chi connectivity index (χ4v) is 2.61. The molecule has 2 heterocycles. The van der Waals surface area contributed by atoms with Crippen LogP contribution in [0.3, 0.4) is 0 Å². The molecule has 0 saturated heterocycles. The highest BCUT2D eigenvalue weighted by atomic mass is 32.1. The van der Waals surface area contributed by atoms with Crippen LogP contribution in [0, 0.1) is 0 Å². The van der Waals surface area contributed by atoms with E-state index in [-0.39, 0.29) is 6.03 Å². The molecular formula is C14H15N3OS. The van der Waals surface area contributed by atoms with E-state index in [1.165, 1.54) is 5.56 Å². The van der Waals surface area contributed by atoms with Crippen LogP contribution in [0.25, 0.3) is 0 Å². The van der Waals surface area contributed by atoms with Gasteiger partial charge in [0.15, 0.2) is 0 Å². The summed E-state index contributed by atoms with van der Waals surface area (Å²) in [6.07, 6.45) is 3.87. The summed E-state index contributed by atoms with van der Waals surface area (Å²) in [6.45, 7) is 0.673. The van der Waals surface area contributed by atoms with Crippen molar-refractivity contribution in [2.75, 3.05) is 5.32 Å². The highest BCUT2D eigenvalue weighted by Crippen LogP contribution is 2.29. The third-order valence-electron chi connectivity index (χ3n) is 3.08. The van der Waals surface area contributed by atoms with Crippen LogP contribution in [0.15, 0.2) is 41.2 Å². The molecule has 0 atom stereocenters. The third-order valence-corrected chi connectivity index (χ3v) is 3.81. The van der Waals surface area contributed by atoms with E-state index in [2.05, 4.69) is 21.7 Å². The van der Waals surface area contributed by atoms with Crippen LogP contribution in [0.1, 0.15) is 18.4 Å². The number of carbonyl (C=O) groups is 1. The first-order chi connectivity index (χ1) is 9.33. The zero-order valence-corrected chi connectivity index (χ0v) is 11.3. The Morgan fingerprint density at radius 1 is 1.42 bits per heavy atom. The number of carbonyl (C=O) groups excluding carboxylic acids is 1. The average Bonchev–Trinajstić information content (AvgIpc) is 3.14. The summed E-state index contributed by atoms with van der Waals surface area (Å²) >= 11 is 1.66. The number of nitrogens with zero attached hydrogens (tertiary/aromatic N) is 2. The van der Waals surface area contributed by atoms with Crippen molar-refractivity contribution in [3.63, 3.8) is 0 Å². The highest BCUT2D eigenvalue weighted by Gasteiger charge is 2.32. The number of nitrogens with one attached hydrogen (secondary N) is 1. The molecule has 0 radical (unpaired) electrons. The number of amides is 2. The van der Waals surface area contributed by atoms with Gasteiger partial charge in [0.2, 0.25) is 0 Å². The van der Waals surface area contributed by atoms with Crippen molar-refractivity contribution >= 4 is 23.2 Å². The van der Waals surface area contributed by atoms with Crippen LogP contribution in [0.5, 0.6) is 0 Å². The van der Waals surface area contributed by atoms with Crippen LogP contribution in [0.4, 0.5) is 10.6 Å². The summed E-state index contributed by atoms with van der Waals surface area (Å²) in [5, 5.41) is 6.98. The molecule has 0 spiro atoms. The van der Waals surface area contributed by atoms with Gasteiger partial charge in [-0.05, 0) is 47.4 Å². The first-order valence-corrected chi connectivity index (χ1v) is 7.27. The van der Waals surface area contributed by atoms with Gasteiger partial charge < -0.3 is 4.90 Å². The molecule has 1 aliphatic rings. The lowest BCUT2D eigenvalue weighted by atomic mass is 10.3. The normalized spacial score (nSPS) is 14.1. The first-order valence-electron chi connectivity index (χ1n) is 6.32. The van der Waals surface area contributed by atoms with Gasteiger partial charge in [-0.25, -0.2) is 9.78 Å². The Kier molecular flexibility index (Phi) is 3.46. The summed E-state index contributed by atoms with van der Waals surface area (Å²) in [6, 6.07) is 7.88. The standard InChI is InChI=1S/C14H15N3OS/c18-14(16-13-3-1-2-7-15-13)17(12-4-5-12)9-11-6-8-19-10-11/h1-3,6-8,10,12H,4-5,9H2,(H,15,16,18). The lowest BCUT2D eigenvalue weighted by molar-refractivity contribution is 0.206. The van der Waals surface area contributed by atoms with Gasteiger partial charge in [-0.3, -0.25) is 5.32 Å². The minimum absolute atomic E-state index is 0.0626. The monoisotopic (exact) mass is 273 g/mol. The molecule has 1 fully saturated rings. The zero-order chi connectivity index (χ0) is 13.1. The predicted octanol–water partition coefficient (Wildman–Crippen LogP) is 3.34. The fourth-order valence-electron chi connectivity index (χ4n) is 1.95. The predicted molar refractivity (Wildman–Crippen MR) is 76.1 cm³/mol. The summed E-state index contributed by atoms with van der Waals surface area (Å²) in [4.78, 5) is 18.3. The number of pyridine rings is 1. The second-order valence-electron chi connectivity index (χ2n) is 4.64. The minimum atomic E-state index is -0.0626. The molecule has 2 aromatic heterocycles. The van der Waals surface area contributed by atoms with E-state index in [9.17, 15) is 4.79 Å². The summed E-state index contributed by atoms with van der Waals surface area (Å²) in [5.74, 6) is 0.600. The van der Waals surface area contributed by atoms with Crippen molar-refractivity contribution in [3.05, 3.63) is 46.8 Å². The van der Waals surface area contributed by atoms with E-state index >= 15 is 0 Å². The molecule has 4 nitrogen and oxygen atoms in total. The van der Waals surface area contributed by atoms with E-state index in [1.54, 1.807) is 23.6 Å². The molecular weight excluding hydrogens is 258 g/mol. The molecule has 0 aliphatic heterocycles. The van der Waals surface area contributed by atoms with E-state index in [1.807, 2.05) is 22.4 Å². The Morgan fingerprint density at radius 2 is 2.32 bits per heavy atom. The Labute approximate surface area is 116 Å².